The second kappa shape index (κ2) is 16.6. The Hall–Kier alpha value is -1.97. The standard InChI is InChI=1S/C18H21N.C11H25NO/c1-5-16-12-13(2)10-11-17(16)15(4)19-18-9-7-6-8-14(18)3;1-3-8-12(9-4-2)10-6-5-7-11-13/h6-12H,5H2,1-4H3;13H,3-11H2,1-2H3. The SMILES string of the molecule is CCCN(CCC)CCCCCO.CCc1cc(C)ccc1C(C)=Nc1ccccc1C. The van der Waals surface area contributed by atoms with Crippen molar-refractivity contribution in [3.63, 3.8) is 0 Å². The molecule has 0 heterocycles. The smallest absolute Gasteiger partial charge is 0.0662 e. The second-order valence-corrected chi connectivity index (χ2v) is 8.62. The number of hydrogen-bond acceptors (Lipinski definition) is 3. The van der Waals surface area contributed by atoms with Gasteiger partial charge >= 0.3 is 0 Å². The molecule has 0 aliphatic heterocycles. The van der Waals surface area contributed by atoms with Crippen molar-refractivity contribution in [2.45, 2.75) is 80.1 Å². The van der Waals surface area contributed by atoms with Gasteiger partial charge in [0, 0.05) is 12.3 Å². The van der Waals surface area contributed by atoms with E-state index in [-0.39, 0.29) is 0 Å². The fourth-order valence-corrected chi connectivity index (χ4v) is 3.89. The summed E-state index contributed by atoms with van der Waals surface area (Å²) in [5, 5.41) is 8.62. The van der Waals surface area contributed by atoms with Crippen molar-refractivity contribution < 1.29 is 5.11 Å². The topological polar surface area (TPSA) is 35.8 Å². The lowest BCUT2D eigenvalue weighted by Crippen LogP contribution is -2.26. The number of aliphatic hydroxyl groups excluding tert-OH is 1. The van der Waals surface area contributed by atoms with Crippen molar-refractivity contribution in [3.8, 4) is 0 Å². The van der Waals surface area contributed by atoms with Crippen molar-refractivity contribution in [1.82, 2.24) is 4.90 Å². The number of hydrogen-bond donors (Lipinski definition) is 1. The summed E-state index contributed by atoms with van der Waals surface area (Å²) < 4.78 is 0. The molecule has 0 atom stereocenters. The van der Waals surface area contributed by atoms with E-state index in [2.05, 4.69) is 76.8 Å². The van der Waals surface area contributed by atoms with Crippen LogP contribution < -0.4 is 0 Å². The fourth-order valence-electron chi connectivity index (χ4n) is 3.89. The van der Waals surface area contributed by atoms with E-state index in [0.717, 1.165) is 24.2 Å². The van der Waals surface area contributed by atoms with Crippen molar-refractivity contribution >= 4 is 11.4 Å². The Morgan fingerprint density at radius 1 is 0.875 bits per heavy atom. The van der Waals surface area contributed by atoms with Crippen molar-refractivity contribution in [3.05, 3.63) is 64.7 Å². The van der Waals surface area contributed by atoms with Gasteiger partial charge in [-0.2, -0.15) is 0 Å². The highest BCUT2D eigenvalue weighted by atomic mass is 16.2. The van der Waals surface area contributed by atoms with E-state index in [1.807, 2.05) is 12.1 Å². The number of unbranched alkanes of at least 4 members (excludes halogenated alkanes) is 2. The molecule has 0 saturated heterocycles. The molecule has 1 N–H and O–H groups in total. The summed E-state index contributed by atoms with van der Waals surface area (Å²) in [5.41, 5.74) is 7.30. The molecule has 0 aliphatic rings. The molecular weight excluding hydrogens is 392 g/mol. The summed E-state index contributed by atoms with van der Waals surface area (Å²) in [6, 6.07) is 14.9. The van der Waals surface area contributed by atoms with Gasteiger partial charge in [-0.1, -0.05) is 62.7 Å². The summed E-state index contributed by atoms with van der Waals surface area (Å²) >= 11 is 0. The Labute approximate surface area is 197 Å². The fraction of sp³-hybridized carbons (Fsp3) is 0.552. The van der Waals surface area contributed by atoms with Crippen LogP contribution in [0.5, 0.6) is 0 Å². The van der Waals surface area contributed by atoms with E-state index < -0.39 is 0 Å². The van der Waals surface area contributed by atoms with Gasteiger partial charge in [-0.25, -0.2) is 0 Å². The summed E-state index contributed by atoms with van der Waals surface area (Å²) in [5.74, 6) is 0. The quantitative estimate of drug-likeness (QED) is 0.279. The Morgan fingerprint density at radius 3 is 2.16 bits per heavy atom. The maximum absolute atomic E-state index is 8.62. The number of rotatable bonds is 12. The van der Waals surface area contributed by atoms with E-state index >= 15 is 0 Å². The molecule has 0 bridgehead atoms. The number of aliphatic imine (C=N–C) groups is 1. The van der Waals surface area contributed by atoms with Crippen LogP contribution in [0.25, 0.3) is 0 Å². The zero-order chi connectivity index (χ0) is 23.8. The molecule has 0 amide bonds. The van der Waals surface area contributed by atoms with Gasteiger partial charge in [0.15, 0.2) is 0 Å². The third-order valence-corrected chi connectivity index (χ3v) is 5.65. The first-order valence-electron chi connectivity index (χ1n) is 12.5. The van der Waals surface area contributed by atoms with Crippen LogP contribution in [-0.2, 0) is 6.42 Å². The van der Waals surface area contributed by atoms with Gasteiger partial charge < -0.3 is 10.0 Å². The van der Waals surface area contributed by atoms with Crippen LogP contribution >= 0.6 is 0 Å². The van der Waals surface area contributed by atoms with Crippen LogP contribution in [0, 0.1) is 13.8 Å². The lowest BCUT2D eigenvalue weighted by Gasteiger charge is -2.20. The molecular formula is C29H46N2O. The van der Waals surface area contributed by atoms with Gasteiger partial charge in [0.25, 0.3) is 0 Å². The van der Waals surface area contributed by atoms with Crippen LogP contribution in [-0.4, -0.2) is 42.0 Å². The van der Waals surface area contributed by atoms with E-state index in [1.165, 1.54) is 67.6 Å². The van der Waals surface area contributed by atoms with Crippen LogP contribution in [0.15, 0.2) is 47.5 Å². The average Bonchev–Trinajstić information content (AvgIpc) is 2.78. The first-order chi connectivity index (χ1) is 15.5. The second-order valence-electron chi connectivity index (χ2n) is 8.62. The highest BCUT2D eigenvalue weighted by Crippen LogP contribution is 2.21. The molecule has 32 heavy (non-hydrogen) atoms. The Kier molecular flexibility index (Phi) is 14.6. The van der Waals surface area contributed by atoms with Crippen LogP contribution in [0.3, 0.4) is 0 Å². The summed E-state index contributed by atoms with van der Waals surface area (Å²) in [6.07, 6.45) is 6.91. The molecule has 0 aliphatic carbocycles. The van der Waals surface area contributed by atoms with Crippen LogP contribution in [0.2, 0.25) is 0 Å². The highest BCUT2D eigenvalue weighted by molar-refractivity contribution is 6.01. The molecule has 3 nitrogen and oxygen atoms in total. The minimum Gasteiger partial charge on any atom is -0.396 e. The maximum atomic E-state index is 8.62. The molecule has 0 unspecified atom stereocenters. The number of aryl methyl sites for hydroxylation is 3. The van der Waals surface area contributed by atoms with Crippen molar-refractivity contribution in [1.29, 1.82) is 0 Å². The molecule has 2 aromatic carbocycles. The van der Waals surface area contributed by atoms with Crippen molar-refractivity contribution in [2.24, 2.45) is 4.99 Å². The zero-order valence-corrected chi connectivity index (χ0v) is 21.5. The number of para-hydroxylation sites is 1. The number of aliphatic hydroxyl groups is 1. The van der Waals surface area contributed by atoms with Gasteiger partial charge in [0.1, 0.15) is 0 Å². The van der Waals surface area contributed by atoms with Crippen molar-refractivity contribution in [2.75, 3.05) is 26.2 Å². The Morgan fingerprint density at radius 2 is 1.56 bits per heavy atom. The molecule has 0 radical (unpaired) electrons. The van der Waals surface area contributed by atoms with E-state index in [1.54, 1.807) is 0 Å². The monoisotopic (exact) mass is 438 g/mol. The first kappa shape index (κ1) is 28.1. The maximum Gasteiger partial charge on any atom is 0.0662 e. The molecule has 0 fully saturated rings. The third kappa shape index (κ3) is 10.6. The third-order valence-electron chi connectivity index (χ3n) is 5.65. The van der Waals surface area contributed by atoms with E-state index in [4.69, 9.17) is 10.1 Å². The van der Waals surface area contributed by atoms with Gasteiger partial charge in [-0.05, 0) is 102 Å². The molecule has 3 heteroatoms. The number of nitrogens with zero attached hydrogens (tertiary/aromatic N) is 2. The van der Waals surface area contributed by atoms with Gasteiger partial charge in [-0.15, -0.1) is 0 Å². The molecule has 0 spiro atoms. The number of benzene rings is 2. The zero-order valence-electron chi connectivity index (χ0n) is 21.5. The Bertz CT molecular complexity index is 791. The Balaban J connectivity index is 0.000000347. The van der Waals surface area contributed by atoms with Gasteiger partial charge in [-0.3, -0.25) is 4.99 Å². The highest BCUT2D eigenvalue weighted by Gasteiger charge is 2.05. The van der Waals surface area contributed by atoms with Gasteiger partial charge in [0.05, 0.1) is 5.69 Å². The lowest BCUT2D eigenvalue weighted by atomic mass is 9.99. The predicted octanol–water partition coefficient (Wildman–Crippen LogP) is 7.28. The predicted molar refractivity (Wildman–Crippen MR) is 142 cm³/mol. The molecule has 2 aromatic rings. The summed E-state index contributed by atoms with van der Waals surface area (Å²) in [4.78, 5) is 7.31. The molecule has 0 saturated carbocycles. The minimum atomic E-state index is 0.349. The molecule has 0 aromatic heterocycles. The van der Waals surface area contributed by atoms with Crippen LogP contribution in [0.4, 0.5) is 5.69 Å². The summed E-state index contributed by atoms with van der Waals surface area (Å²) in [6.45, 7) is 17.0. The molecule has 2 rings (SSSR count). The minimum absolute atomic E-state index is 0.349. The first-order valence-corrected chi connectivity index (χ1v) is 12.5. The summed E-state index contributed by atoms with van der Waals surface area (Å²) in [7, 11) is 0. The van der Waals surface area contributed by atoms with Gasteiger partial charge in [0.2, 0.25) is 0 Å². The largest absolute Gasteiger partial charge is 0.396 e. The molecule has 178 valence electrons. The van der Waals surface area contributed by atoms with E-state index in [0.29, 0.717) is 6.61 Å². The normalized spacial score (nSPS) is 11.4. The lowest BCUT2D eigenvalue weighted by molar-refractivity contribution is 0.253. The van der Waals surface area contributed by atoms with E-state index in [9.17, 15) is 0 Å². The van der Waals surface area contributed by atoms with Crippen LogP contribution in [0.1, 0.15) is 82.1 Å². The average molecular weight is 439 g/mol.